The van der Waals surface area contributed by atoms with Crippen LogP contribution in [0, 0.1) is 0 Å². The minimum atomic E-state index is 1.18. The Labute approximate surface area is 143 Å². The molecule has 0 unspecified atom stereocenters. The van der Waals surface area contributed by atoms with Crippen LogP contribution in [0.4, 0.5) is 34.1 Å². The molecule has 0 saturated heterocycles. The molecule has 0 spiro atoms. The van der Waals surface area contributed by atoms with E-state index in [1.54, 1.807) is 0 Å². The number of benzene rings is 3. The van der Waals surface area contributed by atoms with Crippen molar-refractivity contribution < 1.29 is 0 Å². The normalized spacial score (nSPS) is 13.4. The van der Waals surface area contributed by atoms with Gasteiger partial charge in [-0.2, -0.15) is 0 Å². The first kappa shape index (κ1) is 14.6. The summed E-state index contributed by atoms with van der Waals surface area (Å²) in [6.45, 7) is 0. The SMILES string of the molecule is CN1c2cccc(c2)N(C)c2cccc(c2)N(C)c2cccc1c2. The standard InChI is InChI=1S/C21H21N3/c1-22-16-7-4-9-18(13-16)23(2)20-11-6-12-21(15-20)24(3)19-10-5-8-17(22)14-19/h4-15H,1-3H3. The van der Waals surface area contributed by atoms with Gasteiger partial charge in [0.2, 0.25) is 0 Å². The van der Waals surface area contributed by atoms with Gasteiger partial charge in [0.15, 0.2) is 0 Å². The maximum absolute atomic E-state index is 2.23. The molecule has 4 rings (SSSR count). The molecule has 6 bridgehead atoms. The van der Waals surface area contributed by atoms with Crippen LogP contribution < -0.4 is 14.7 Å². The molecule has 120 valence electrons. The maximum Gasteiger partial charge on any atom is 0.0429 e. The molecule has 1 heterocycles. The van der Waals surface area contributed by atoms with Gasteiger partial charge in [-0.3, -0.25) is 0 Å². The Morgan fingerprint density at radius 1 is 0.417 bits per heavy atom. The first-order chi connectivity index (χ1) is 11.6. The lowest BCUT2D eigenvalue weighted by Gasteiger charge is -2.28. The second kappa shape index (κ2) is 5.60. The van der Waals surface area contributed by atoms with Gasteiger partial charge in [-0.1, -0.05) is 18.2 Å². The molecular weight excluding hydrogens is 294 g/mol. The molecule has 1 aliphatic heterocycles. The lowest BCUT2D eigenvalue weighted by Crippen LogP contribution is -2.16. The van der Waals surface area contributed by atoms with Crippen molar-refractivity contribution in [3.8, 4) is 0 Å². The Morgan fingerprint density at radius 3 is 0.833 bits per heavy atom. The summed E-state index contributed by atoms with van der Waals surface area (Å²) in [5.41, 5.74) is 7.06. The molecule has 0 amide bonds. The molecule has 0 fully saturated rings. The van der Waals surface area contributed by atoms with Gasteiger partial charge >= 0.3 is 0 Å². The topological polar surface area (TPSA) is 9.72 Å². The van der Waals surface area contributed by atoms with Crippen LogP contribution in [-0.4, -0.2) is 21.1 Å². The van der Waals surface area contributed by atoms with Crippen LogP contribution >= 0.6 is 0 Å². The third kappa shape index (κ3) is 2.38. The zero-order valence-electron chi connectivity index (χ0n) is 14.3. The first-order valence-corrected chi connectivity index (χ1v) is 8.15. The summed E-state index contributed by atoms with van der Waals surface area (Å²) >= 11 is 0. The molecule has 0 saturated carbocycles. The zero-order valence-corrected chi connectivity index (χ0v) is 14.3. The van der Waals surface area contributed by atoms with E-state index in [1.807, 2.05) is 0 Å². The summed E-state index contributed by atoms with van der Waals surface area (Å²) in [6, 6.07) is 25.9. The van der Waals surface area contributed by atoms with Crippen molar-refractivity contribution in [3.05, 3.63) is 72.8 Å². The molecule has 3 aromatic rings. The highest BCUT2D eigenvalue weighted by Crippen LogP contribution is 2.35. The van der Waals surface area contributed by atoms with E-state index in [9.17, 15) is 0 Å². The van der Waals surface area contributed by atoms with Crippen molar-refractivity contribution >= 4 is 34.1 Å². The number of hydrogen-bond donors (Lipinski definition) is 0. The Kier molecular flexibility index (Phi) is 3.42. The van der Waals surface area contributed by atoms with Crippen LogP contribution in [0.15, 0.2) is 72.8 Å². The molecule has 3 nitrogen and oxygen atoms in total. The van der Waals surface area contributed by atoms with Gasteiger partial charge in [-0.15, -0.1) is 0 Å². The molecule has 0 N–H and O–H groups in total. The highest BCUT2D eigenvalue weighted by atomic mass is 15.2. The van der Waals surface area contributed by atoms with Crippen molar-refractivity contribution in [3.63, 3.8) is 0 Å². The molecule has 3 heteroatoms. The molecular formula is C21H21N3. The van der Waals surface area contributed by atoms with Crippen molar-refractivity contribution in [1.82, 2.24) is 0 Å². The van der Waals surface area contributed by atoms with Gasteiger partial charge in [0.05, 0.1) is 0 Å². The van der Waals surface area contributed by atoms with Crippen LogP contribution in [0.2, 0.25) is 0 Å². The van der Waals surface area contributed by atoms with Crippen LogP contribution in [0.3, 0.4) is 0 Å². The van der Waals surface area contributed by atoms with E-state index < -0.39 is 0 Å². The lowest BCUT2D eigenvalue weighted by molar-refractivity contribution is 1.15. The smallest absolute Gasteiger partial charge is 0.0429 e. The number of anilines is 6. The summed E-state index contributed by atoms with van der Waals surface area (Å²) in [5.74, 6) is 0. The predicted octanol–water partition coefficient (Wildman–Crippen LogP) is 5.30. The average Bonchev–Trinajstić information content (AvgIpc) is 2.66. The number of rotatable bonds is 0. The highest BCUT2D eigenvalue weighted by Gasteiger charge is 2.13. The van der Waals surface area contributed by atoms with Crippen molar-refractivity contribution in [2.75, 3.05) is 35.8 Å². The zero-order chi connectivity index (χ0) is 16.7. The summed E-state index contributed by atoms with van der Waals surface area (Å²) in [7, 11) is 6.34. The molecule has 1 aliphatic rings. The second-order valence-electron chi connectivity index (χ2n) is 6.24. The van der Waals surface area contributed by atoms with Crippen molar-refractivity contribution in [1.29, 1.82) is 0 Å². The van der Waals surface area contributed by atoms with Gasteiger partial charge in [-0.05, 0) is 54.6 Å². The van der Waals surface area contributed by atoms with Gasteiger partial charge in [0, 0.05) is 55.3 Å². The molecule has 0 atom stereocenters. The number of hydrogen-bond acceptors (Lipinski definition) is 3. The fourth-order valence-electron chi connectivity index (χ4n) is 3.18. The van der Waals surface area contributed by atoms with E-state index in [0.29, 0.717) is 0 Å². The van der Waals surface area contributed by atoms with Gasteiger partial charge in [-0.25, -0.2) is 0 Å². The second-order valence-corrected chi connectivity index (χ2v) is 6.24. The Bertz CT molecular complexity index is 712. The fourth-order valence-corrected chi connectivity index (χ4v) is 3.18. The minimum Gasteiger partial charge on any atom is -0.344 e. The fraction of sp³-hybridized carbons (Fsp3) is 0.143. The molecule has 0 aliphatic carbocycles. The van der Waals surface area contributed by atoms with Crippen LogP contribution in [-0.2, 0) is 0 Å². The third-order valence-electron chi connectivity index (χ3n) is 4.81. The molecule has 0 radical (unpaired) electrons. The van der Waals surface area contributed by atoms with E-state index in [0.717, 1.165) is 0 Å². The Hall–Kier alpha value is -2.94. The van der Waals surface area contributed by atoms with Crippen LogP contribution in [0.25, 0.3) is 0 Å². The van der Waals surface area contributed by atoms with Crippen molar-refractivity contribution in [2.45, 2.75) is 0 Å². The summed E-state index contributed by atoms with van der Waals surface area (Å²) in [4.78, 5) is 6.68. The van der Waals surface area contributed by atoms with E-state index in [4.69, 9.17) is 0 Å². The van der Waals surface area contributed by atoms with Crippen molar-refractivity contribution in [2.24, 2.45) is 0 Å². The monoisotopic (exact) mass is 315 g/mol. The first-order valence-electron chi connectivity index (χ1n) is 8.15. The Balaban J connectivity index is 1.98. The van der Waals surface area contributed by atoms with E-state index >= 15 is 0 Å². The lowest BCUT2D eigenvalue weighted by atomic mass is 10.1. The quantitative estimate of drug-likeness (QED) is 0.557. The van der Waals surface area contributed by atoms with Gasteiger partial charge in [0.25, 0.3) is 0 Å². The van der Waals surface area contributed by atoms with Crippen LogP contribution in [0.5, 0.6) is 0 Å². The van der Waals surface area contributed by atoms with E-state index in [2.05, 4.69) is 109 Å². The van der Waals surface area contributed by atoms with Gasteiger partial charge in [0.1, 0.15) is 0 Å². The van der Waals surface area contributed by atoms with E-state index in [-0.39, 0.29) is 0 Å². The maximum atomic E-state index is 2.23. The summed E-state index contributed by atoms with van der Waals surface area (Å²) in [6.07, 6.45) is 0. The molecule has 3 aromatic carbocycles. The van der Waals surface area contributed by atoms with Crippen LogP contribution in [0.1, 0.15) is 0 Å². The summed E-state index contributed by atoms with van der Waals surface area (Å²) in [5, 5.41) is 0. The molecule has 0 aromatic heterocycles. The number of fused-ring (bicyclic) bond motifs is 6. The average molecular weight is 315 g/mol. The minimum absolute atomic E-state index is 1.18. The van der Waals surface area contributed by atoms with Gasteiger partial charge < -0.3 is 14.7 Å². The third-order valence-corrected chi connectivity index (χ3v) is 4.81. The highest BCUT2D eigenvalue weighted by molar-refractivity contribution is 5.77. The summed E-state index contributed by atoms with van der Waals surface area (Å²) < 4.78 is 0. The molecule has 24 heavy (non-hydrogen) atoms. The largest absolute Gasteiger partial charge is 0.344 e. The van der Waals surface area contributed by atoms with E-state index in [1.165, 1.54) is 34.1 Å². The Morgan fingerprint density at radius 2 is 0.625 bits per heavy atom. The number of nitrogens with zero attached hydrogens (tertiary/aromatic N) is 3. The predicted molar refractivity (Wildman–Crippen MR) is 104 cm³/mol.